The predicted molar refractivity (Wildman–Crippen MR) is 112 cm³/mol. The molecule has 0 aliphatic heterocycles. The molecule has 25 heavy (non-hydrogen) atoms. The molecule has 0 radical (unpaired) electrons. The first-order chi connectivity index (χ1) is 12.1. The number of hydrogen-bond acceptors (Lipinski definition) is 3. The van der Waals surface area contributed by atoms with Crippen molar-refractivity contribution in [1.82, 2.24) is 0 Å². The highest BCUT2D eigenvalue weighted by atomic mass is 32.2. The SMILES string of the molecule is CC=C(C)CSC(C=CSc1ccc(F)cc1)=Nc1ccc(C)cc1. The second-order valence-corrected chi connectivity index (χ2v) is 7.56. The van der Waals surface area contributed by atoms with Crippen LogP contribution in [-0.2, 0) is 0 Å². The molecule has 0 aliphatic rings. The number of allylic oxidation sites excluding steroid dienone is 1. The van der Waals surface area contributed by atoms with Crippen molar-refractivity contribution in [2.45, 2.75) is 25.7 Å². The molecular formula is C21H22FNS2. The monoisotopic (exact) mass is 371 g/mol. The third-order valence-corrected chi connectivity index (χ3v) is 5.38. The molecule has 0 saturated carbocycles. The van der Waals surface area contributed by atoms with Gasteiger partial charge >= 0.3 is 0 Å². The fourth-order valence-electron chi connectivity index (χ4n) is 1.82. The summed E-state index contributed by atoms with van der Waals surface area (Å²) >= 11 is 3.27. The molecule has 0 atom stereocenters. The van der Waals surface area contributed by atoms with Gasteiger partial charge < -0.3 is 0 Å². The van der Waals surface area contributed by atoms with Crippen LogP contribution in [0.3, 0.4) is 0 Å². The molecule has 0 unspecified atom stereocenters. The summed E-state index contributed by atoms with van der Waals surface area (Å²) in [5.41, 5.74) is 3.49. The maximum Gasteiger partial charge on any atom is 0.123 e. The highest BCUT2D eigenvalue weighted by Crippen LogP contribution is 2.22. The molecule has 0 amide bonds. The van der Waals surface area contributed by atoms with Crippen LogP contribution in [0.4, 0.5) is 10.1 Å². The molecule has 130 valence electrons. The van der Waals surface area contributed by atoms with Gasteiger partial charge in [0.25, 0.3) is 0 Å². The first-order valence-corrected chi connectivity index (χ1v) is 9.92. The molecule has 0 N–H and O–H groups in total. The van der Waals surface area contributed by atoms with Gasteiger partial charge in [-0.25, -0.2) is 9.38 Å². The van der Waals surface area contributed by atoms with Crippen molar-refractivity contribution in [1.29, 1.82) is 0 Å². The van der Waals surface area contributed by atoms with E-state index in [2.05, 4.69) is 32.1 Å². The van der Waals surface area contributed by atoms with Gasteiger partial charge in [-0.1, -0.05) is 41.1 Å². The Balaban J connectivity index is 2.11. The maximum atomic E-state index is 13.0. The van der Waals surface area contributed by atoms with Crippen molar-refractivity contribution < 1.29 is 4.39 Å². The van der Waals surface area contributed by atoms with E-state index in [1.165, 1.54) is 23.3 Å². The number of hydrogen-bond donors (Lipinski definition) is 0. The molecule has 0 aliphatic carbocycles. The molecule has 0 aromatic heterocycles. The highest BCUT2D eigenvalue weighted by Gasteiger charge is 2.00. The topological polar surface area (TPSA) is 12.4 Å². The Morgan fingerprint density at radius 3 is 2.40 bits per heavy atom. The lowest BCUT2D eigenvalue weighted by Crippen LogP contribution is -1.90. The molecule has 2 aromatic carbocycles. The van der Waals surface area contributed by atoms with Crippen LogP contribution in [0.25, 0.3) is 0 Å². The maximum absolute atomic E-state index is 13.0. The standard InChI is InChI=1S/C21H22FNS2/c1-4-16(2)15-25-21(23-19-9-5-17(3)6-10-19)13-14-24-20-11-7-18(22)8-12-20/h4-14H,15H2,1-3H3. The van der Waals surface area contributed by atoms with Crippen LogP contribution in [0.5, 0.6) is 0 Å². The van der Waals surface area contributed by atoms with Crippen LogP contribution < -0.4 is 0 Å². The summed E-state index contributed by atoms with van der Waals surface area (Å²) in [6.45, 7) is 6.23. The van der Waals surface area contributed by atoms with E-state index < -0.39 is 0 Å². The lowest BCUT2D eigenvalue weighted by Gasteiger charge is -2.03. The normalized spacial score (nSPS) is 12.8. The number of nitrogens with zero attached hydrogens (tertiary/aromatic N) is 1. The van der Waals surface area contributed by atoms with Gasteiger partial charge in [0.2, 0.25) is 0 Å². The fourth-order valence-corrected chi connectivity index (χ4v) is 3.43. The van der Waals surface area contributed by atoms with Crippen LogP contribution in [0.15, 0.2) is 81.6 Å². The number of benzene rings is 2. The van der Waals surface area contributed by atoms with E-state index in [1.54, 1.807) is 35.7 Å². The minimum atomic E-state index is -0.215. The van der Waals surface area contributed by atoms with Crippen LogP contribution in [-0.4, -0.2) is 10.8 Å². The van der Waals surface area contributed by atoms with Crippen LogP contribution in [0.1, 0.15) is 19.4 Å². The van der Waals surface area contributed by atoms with Crippen molar-refractivity contribution in [3.63, 3.8) is 0 Å². The average Bonchev–Trinajstić information content (AvgIpc) is 2.62. The number of aryl methyl sites for hydroxylation is 1. The highest BCUT2D eigenvalue weighted by molar-refractivity contribution is 8.14. The smallest absolute Gasteiger partial charge is 0.123 e. The molecule has 0 heterocycles. The van der Waals surface area contributed by atoms with Crippen LogP contribution in [0, 0.1) is 12.7 Å². The van der Waals surface area contributed by atoms with E-state index in [4.69, 9.17) is 4.99 Å². The van der Waals surface area contributed by atoms with Crippen molar-refractivity contribution >= 4 is 34.3 Å². The summed E-state index contributed by atoms with van der Waals surface area (Å²) in [5.74, 6) is 0.694. The lowest BCUT2D eigenvalue weighted by atomic mass is 10.2. The van der Waals surface area contributed by atoms with Gasteiger partial charge in [0.05, 0.1) is 10.7 Å². The van der Waals surface area contributed by atoms with Crippen molar-refractivity contribution in [2.24, 2.45) is 4.99 Å². The third kappa shape index (κ3) is 7.32. The molecule has 1 nitrogen and oxygen atoms in total. The zero-order valence-corrected chi connectivity index (χ0v) is 16.3. The predicted octanol–water partition coefficient (Wildman–Crippen LogP) is 7.17. The van der Waals surface area contributed by atoms with Gasteiger partial charge in [-0.3, -0.25) is 0 Å². The van der Waals surface area contributed by atoms with Crippen molar-refractivity contribution in [3.05, 3.63) is 83.0 Å². The second-order valence-electron chi connectivity index (χ2n) is 5.58. The van der Waals surface area contributed by atoms with Gasteiger partial charge in [-0.15, -0.1) is 11.8 Å². The summed E-state index contributed by atoms with van der Waals surface area (Å²) in [6, 6.07) is 14.7. The van der Waals surface area contributed by atoms with Gasteiger partial charge in [0.15, 0.2) is 0 Å². The molecule has 4 heteroatoms. The zero-order valence-electron chi connectivity index (χ0n) is 14.7. The van der Waals surface area contributed by atoms with E-state index in [0.717, 1.165) is 21.4 Å². The first-order valence-electron chi connectivity index (χ1n) is 8.05. The summed E-state index contributed by atoms with van der Waals surface area (Å²) in [6.07, 6.45) is 4.13. The molecule has 0 fully saturated rings. The van der Waals surface area contributed by atoms with E-state index in [9.17, 15) is 4.39 Å². The number of thioether (sulfide) groups is 2. The Kier molecular flexibility index (Phi) is 8.02. The van der Waals surface area contributed by atoms with E-state index in [0.29, 0.717) is 0 Å². The van der Waals surface area contributed by atoms with E-state index >= 15 is 0 Å². The minimum absolute atomic E-state index is 0.215. The number of aliphatic imine (C=N–C) groups is 1. The number of rotatable bonds is 6. The third-order valence-electron chi connectivity index (χ3n) is 3.44. The lowest BCUT2D eigenvalue weighted by molar-refractivity contribution is 0.626. The fraction of sp³-hybridized carbons (Fsp3) is 0.190. The molecule has 0 bridgehead atoms. The van der Waals surface area contributed by atoms with Crippen molar-refractivity contribution in [3.8, 4) is 0 Å². The summed E-state index contributed by atoms with van der Waals surface area (Å²) in [7, 11) is 0. The Morgan fingerprint density at radius 2 is 1.76 bits per heavy atom. The quantitative estimate of drug-likeness (QED) is 0.231. The minimum Gasteiger partial charge on any atom is -0.242 e. The molecule has 0 spiro atoms. The number of halogens is 1. The van der Waals surface area contributed by atoms with Crippen LogP contribution in [0.2, 0.25) is 0 Å². The van der Waals surface area contributed by atoms with Crippen LogP contribution >= 0.6 is 23.5 Å². The Morgan fingerprint density at radius 1 is 1.08 bits per heavy atom. The summed E-state index contributed by atoms with van der Waals surface area (Å²) < 4.78 is 13.0. The first kappa shape index (κ1) is 19.5. The summed E-state index contributed by atoms with van der Waals surface area (Å²) in [4.78, 5) is 5.75. The molecule has 2 aromatic rings. The van der Waals surface area contributed by atoms with Gasteiger partial charge in [-0.05, 0) is 68.7 Å². The van der Waals surface area contributed by atoms with E-state index in [1.807, 2.05) is 30.5 Å². The second kappa shape index (κ2) is 10.3. The Bertz CT molecular complexity index is 759. The Labute approximate surface area is 158 Å². The van der Waals surface area contributed by atoms with Gasteiger partial charge in [0.1, 0.15) is 5.82 Å². The average molecular weight is 372 g/mol. The molecule has 2 rings (SSSR count). The zero-order chi connectivity index (χ0) is 18.1. The molecular weight excluding hydrogens is 349 g/mol. The van der Waals surface area contributed by atoms with Gasteiger partial charge in [-0.2, -0.15) is 0 Å². The largest absolute Gasteiger partial charge is 0.242 e. The molecule has 0 saturated heterocycles. The van der Waals surface area contributed by atoms with Gasteiger partial charge in [0, 0.05) is 10.6 Å². The van der Waals surface area contributed by atoms with Crippen molar-refractivity contribution in [2.75, 3.05) is 5.75 Å². The Hall–Kier alpha value is -1.78. The van der Waals surface area contributed by atoms with E-state index in [-0.39, 0.29) is 5.82 Å². The summed E-state index contributed by atoms with van der Waals surface area (Å²) in [5, 5.41) is 2.96.